The zero-order valence-electron chi connectivity index (χ0n) is 19.7. The van der Waals surface area contributed by atoms with Crippen molar-refractivity contribution in [3.8, 4) is 11.5 Å². The Kier molecular flexibility index (Phi) is 12.1. The van der Waals surface area contributed by atoms with Gasteiger partial charge in [-0.15, -0.1) is 24.8 Å². The van der Waals surface area contributed by atoms with Crippen LogP contribution in [0, 0.1) is 5.82 Å². The summed E-state index contributed by atoms with van der Waals surface area (Å²) in [5.41, 5.74) is 3.12. The summed E-state index contributed by atoms with van der Waals surface area (Å²) in [4.78, 5) is 2.51. The van der Waals surface area contributed by atoms with Crippen LogP contribution in [-0.4, -0.2) is 31.1 Å². The average molecular weight is 542 g/mol. The summed E-state index contributed by atoms with van der Waals surface area (Å²) in [6.07, 6.45) is 2.22. The minimum absolute atomic E-state index is 0. The molecule has 0 saturated carbocycles. The summed E-state index contributed by atoms with van der Waals surface area (Å²) in [5, 5.41) is 4.05. The molecule has 0 unspecified atom stereocenters. The zero-order chi connectivity index (χ0) is 23.0. The van der Waals surface area contributed by atoms with Crippen molar-refractivity contribution in [3.05, 3.63) is 94.3 Å². The van der Waals surface area contributed by atoms with Crippen LogP contribution in [0.2, 0.25) is 5.02 Å². The van der Waals surface area contributed by atoms with Crippen LogP contribution in [-0.2, 0) is 19.7 Å². The summed E-state index contributed by atoms with van der Waals surface area (Å²) in [7, 11) is 1.63. The molecule has 0 amide bonds. The summed E-state index contributed by atoms with van der Waals surface area (Å²) in [6, 6.07) is 21.3. The molecule has 0 aliphatic carbocycles. The summed E-state index contributed by atoms with van der Waals surface area (Å²) < 4.78 is 25.0. The second-order valence-corrected chi connectivity index (χ2v) is 8.80. The highest BCUT2D eigenvalue weighted by atomic mass is 35.5. The zero-order valence-corrected chi connectivity index (χ0v) is 22.1. The molecule has 3 aromatic carbocycles. The molecule has 1 heterocycles. The summed E-state index contributed by atoms with van der Waals surface area (Å²) >= 11 is 6.17. The second kappa shape index (κ2) is 14.5. The van der Waals surface area contributed by atoms with Gasteiger partial charge in [0, 0.05) is 30.3 Å². The minimum atomic E-state index is -0.360. The van der Waals surface area contributed by atoms with E-state index in [1.54, 1.807) is 13.2 Å². The molecule has 1 aliphatic rings. The monoisotopic (exact) mass is 540 g/mol. The molecule has 3 aromatic rings. The van der Waals surface area contributed by atoms with Gasteiger partial charge in [0.1, 0.15) is 12.4 Å². The highest BCUT2D eigenvalue weighted by Crippen LogP contribution is 2.33. The molecule has 35 heavy (non-hydrogen) atoms. The van der Waals surface area contributed by atoms with Crippen LogP contribution in [0.25, 0.3) is 0 Å². The van der Waals surface area contributed by atoms with Crippen molar-refractivity contribution in [2.75, 3.05) is 20.2 Å². The van der Waals surface area contributed by atoms with Gasteiger partial charge in [0.15, 0.2) is 11.5 Å². The first-order valence-corrected chi connectivity index (χ1v) is 11.7. The third-order valence-corrected chi connectivity index (χ3v) is 6.44. The van der Waals surface area contributed by atoms with Gasteiger partial charge in [-0.3, -0.25) is 4.90 Å². The first-order chi connectivity index (χ1) is 16.1. The Morgan fingerprint density at radius 2 is 1.71 bits per heavy atom. The molecule has 1 saturated heterocycles. The van der Waals surface area contributed by atoms with Crippen molar-refractivity contribution in [1.29, 1.82) is 0 Å². The standard InChI is InChI=1S/C27H30ClFN2O2.2ClH/c1-32-26-9-5-8-21(27(26)33-19-22-10-11-23(29)16-25(22)28)17-30-24-12-14-31(15-13-24)18-20-6-3-2-4-7-20;;/h2-11,16,24,30H,12-15,17-19H2,1H3;2*1H. The number of nitrogens with one attached hydrogen (secondary N) is 1. The van der Waals surface area contributed by atoms with Gasteiger partial charge < -0.3 is 14.8 Å². The highest BCUT2D eigenvalue weighted by molar-refractivity contribution is 6.31. The molecule has 1 N–H and O–H groups in total. The molecule has 0 radical (unpaired) electrons. The molecule has 0 spiro atoms. The summed E-state index contributed by atoms with van der Waals surface area (Å²) in [5.74, 6) is 1.00. The number of nitrogens with zero attached hydrogens (tertiary/aromatic N) is 1. The van der Waals surface area contributed by atoms with Crippen molar-refractivity contribution in [2.24, 2.45) is 0 Å². The molecule has 0 aromatic heterocycles. The van der Waals surface area contributed by atoms with Crippen molar-refractivity contribution in [3.63, 3.8) is 0 Å². The van der Waals surface area contributed by atoms with Crippen LogP contribution in [0.1, 0.15) is 29.5 Å². The fourth-order valence-corrected chi connectivity index (χ4v) is 4.43. The topological polar surface area (TPSA) is 33.7 Å². The molecular formula is C27H32Cl3FN2O2. The Hall–Kier alpha value is -2.02. The maximum atomic E-state index is 13.3. The Bertz CT molecular complexity index is 1050. The number of halogens is 4. The molecule has 0 atom stereocenters. The van der Waals surface area contributed by atoms with Gasteiger partial charge in [-0.25, -0.2) is 4.39 Å². The van der Waals surface area contributed by atoms with E-state index in [1.165, 1.54) is 17.7 Å². The molecule has 1 aliphatic heterocycles. The smallest absolute Gasteiger partial charge is 0.166 e. The Labute approximate surface area is 224 Å². The van der Waals surface area contributed by atoms with Crippen LogP contribution in [0.4, 0.5) is 4.39 Å². The lowest BCUT2D eigenvalue weighted by Crippen LogP contribution is -2.41. The van der Waals surface area contributed by atoms with E-state index in [-0.39, 0.29) is 37.2 Å². The van der Waals surface area contributed by atoms with Gasteiger partial charge in [0.25, 0.3) is 0 Å². The van der Waals surface area contributed by atoms with E-state index < -0.39 is 0 Å². The van der Waals surface area contributed by atoms with Crippen molar-refractivity contribution >= 4 is 36.4 Å². The van der Waals surface area contributed by atoms with E-state index >= 15 is 0 Å². The van der Waals surface area contributed by atoms with Gasteiger partial charge in [-0.05, 0) is 49.7 Å². The van der Waals surface area contributed by atoms with Gasteiger partial charge >= 0.3 is 0 Å². The van der Waals surface area contributed by atoms with Gasteiger partial charge in [0.05, 0.1) is 12.1 Å². The van der Waals surface area contributed by atoms with Crippen LogP contribution >= 0.6 is 36.4 Å². The molecule has 1 fully saturated rings. The molecule has 0 bridgehead atoms. The third-order valence-electron chi connectivity index (χ3n) is 6.09. The number of piperidine rings is 1. The lowest BCUT2D eigenvalue weighted by Gasteiger charge is -2.32. The van der Waals surface area contributed by atoms with Crippen molar-refractivity contribution in [1.82, 2.24) is 10.2 Å². The third kappa shape index (κ3) is 8.26. The fourth-order valence-electron chi connectivity index (χ4n) is 4.20. The van der Waals surface area contributed by atoms with E-state index in [1.807, 2.05) is 18.2 Å². The lowest BCUT2D eigenvalue weighted by atomic mass is 10.0. The Morgan fingerprint density at radius 1 is 0.971 bits per heavy atom. The van der Waals surface area contributed by atoms with Crippen LogP contribution in [0.15, 0.2) is 66.7 Å². The van der Waals surface area contributed by atoms with Crippen molar-refractivity contribution in [2.45, 2.75) is 38.6 Å². The SMILES string of the molecule is COc1cccc(CNC2CCN(Cc3ccccc3)CC2)c1OCc1ccc(F)cc1Cl.Cl.Cl. The number of rotatable bonds is 9. The quantitative estimate of drug-likeness (QED) is 0.328. The van der Waals surface area contributed by atoms with E-state index in [4.69, 9.17) is 21.1 Å². The molecule has 190 valence electrons. The van der Waals surface area contributed by atoms with E-state index in [0.29, 0.717) is 29.1 Å². The van der Waals surface area contributed by atoms with Crippen LogP contribution < -0.4 is 14.8 Å². The first kappa shape index (κ1) is 29.2. The molecule has 4 nitrogen and oxygen atoms in total. The predicted molar refractivity (Wildman–Crippen MR) is 145 cm³/mol. The number of hydrogen-bond acceptors (Lipinski definition) is 4. The number of ether oxygens (including phenoxy) is 2. The minimum Gasteiger partial charge on any atom is -0.493 e. The number of methoxy groups -OCH3 is 1. The van der Waals surface area contributed by atoms with E-state index in [9.17, 15) is 4.39 Å². The lowest BCUT2D eigenvalue weighted by molar-refractivity contribution is 0.189. The number of para-hydroxylation sites is 1. The van der Waals surface area contributed by atoms with Crippen LogP contribution in [0.3, 0.4) is 0 Å². The number of hydrogen-bond donors (Lipinski definition) is 1. The summed E-state index contributed by atoms with van der Waals surface area (Å²) in [6.45, 7) is 4.10. The van der Waals surface area contributed by atoms with Gasteiger partial charge in [-0.2, -0.15) is 0 Å². The second-order valence-electron chi connectivity index (χ2n) is 8.39. The van der Waals surface area contributed by atoms with Gasteiger partial charge in [-0.1, -0.05) is 60.1 Å². The predicted octanol–water partition coefficient (Wildman–Crippen LogP) is 6.66. The Morgan fingerprint density at radius 3 is 2.40 bits per heavy atom. The molecule has 4 rings (SSSR count). The maximum absolute atomic E-state index is 13.3. The van der Waals surface area contributed by atoms with E-state index in [2.05, 4.69) is 40.5 Å². The Balaban J connectivity index is 0.00000216. The first-order valence-electron chi connectivity index (χ1n) is 11.3. The highest BCUT2D eigenvalue weighted by Gasteiger charge is 2.20. The number of benzene rings is 3. The van der Waals surface area contributed by atoms with Gasteiger partial charge in [0.2, 0.25) is 0 Å². The number of likely N-dealkylation sites (tertiary alicyclic amines) is 1. The largest absolute Gasteiger partial charge is 0.493 e. The molecule has 8 heteroatoms. The maximum Gasteiger partial charge on any atom is 0.166 e. The average Bonchev–Trinajstić information content (AvgIpc) is 2.84. The fraction of sp³-hybridized carbons (Fsp3) is 0.333. The van der Waals surface area contributed by atoms with E-state index in [0.717, 1.165) is 43.6 Å². The van der Waals surface area contributed by atoms with Crippen molar-refractivity contribution < 1.29 is 13.9 Å². The van der Waals surface area contributed by atoms with Crippen LogP contribution in [0.5, 0.6) is 11.5 Å². The molecular weight excluding hydrogens is 510 g/mol. The normalized spacial score (nSPS) is 14.0.